The van der Waals surface area contributed by atoms with Crippen molar-refractivity contribution in [2.75, 3.05) is 11.9 Å². The molecular formula is C23H36N4O4S. The standard InChI is InChI=1S/C19H24N4O4S.2C2H6/c1-11(2)17(24)13-6-16(26-9-13)18(25)15-7-21-10-22-19(15)23-14-4-3-12(5-14)8-27-28-20;2*1-2/h6-7,9-10,12,14,17,24H,1,3-5,8,20H2,2H3,(H,21,22,23);2*1-2H3. The van der Waals surface area contributed by atoms with E-state index in [1.165, 1.54) is 24.9 Å². The predicted octanol–water partition coefficient (Wildman–Crippen LogP) is 5.08. The minimum atomic E-state index is -0.876. The number of rotatable bonds is 9. The number of carbonyl (C=O) groups excluding carboxylic acids is 1. The summed E-state index contributed by atoms with van der Waals surface area (Å²) in [7, 11) is 0. The summed E-state index contributed by atoms with van der Waals surface area (Å²) in [6, 6.07) is 1.71. The van der Waals surface area contributed by atoms with Crippen molar-refractivity contribution in [3.05, 3.63) is 53.9 Å². The molecule has 3 rings (SSSR count). The summed E-state index contributed by atoms with van der Waals surface area (Å²) in [6.45, 7) is 14.0. The largest absolute Gasteiger partial charge is 0.460 e. The first-order valence-corrected chi connectivity index (χ1v) is 11.8. The fourth-order valence-electron chi connectivity index (χ4n) is 3.33. The zero-order valence-electron chi connectivity index (χ0n) is 19.6. The Hall–Kier alpha value is -2.20. The van der Waals surface area contributed by atoms with Crippen LogP contribution in [0.5, 0.6) is 0 Å². The Morgan fingerprint density at radius 3 is 2.78 bits per heavy atom. The van der Waals surface area contributed by atoms with Crippen LogP contribution in [-0.4, -0.2) is 33.5 Å². The zero-order valence-corrected chi connectivity index (χ0v) is 20.4. The van der Waals surface area contributed by atoms with Crippen molar-refractivity contribution in [1.82, 2.24) is 9.97 Å². The molecule has 1 fully saturated rings. The molecule has 2 aromatic rings. The first-order chi connectivity index (χ1) is 15.5. The molecule has 178 valence electrons. The SMILES string of the molecule is C=C(C)C(O)c1coc(C(=O)c2cncnc2NC2CCC(COSN)C2)c1.CC.CC. The van der Waals surface area contributed by atoms with Gasteiger partial charge < -0.3 is 19.0 Å². The zero-order chi connectivity index (χ0) is 24.1. The van der Waals surface area contributed by atoms with Gasteiger partial charge in [-0.25, -0.2) is 9.97 Å². The lowest BCUT2D eigenvalue weighted by Crippen LogP contribution is -2.20. The van der Waals surface area contributed by atoms with Gasteiger partial charge in [-0.15, -0.1) is 0 Å². The van der Waals surface area contributed by atoms with Gasteiger partial charge in [0.05, 0.1) is 30.7 Å². The van der Waals surface area contributed by atoms with Crippen molar-refractivity contribution < 1.29 is 18.5 Å². The van der Waals surface area contributed by atoms with E-state index in [0.29, 0.717) is 35.0 Å². The average molecular weight is 465 g/mol. The minimum Gasteiger partial charge on any atom is -0.460 e. The topological polar surface area (TPSA) is 124 Å². The molecule has 32 heavy (non-hydrogen) atoms. The van der Waals surface area contributed by atoms with Crippen LogP contribution < -0.4 is 10.5 Å². The van der Waals surface area contributed by atoms with Gasteiger partial charge in [-0.05, 0) is 43.7 Å². The number of aliphatic hydroxyl groups is 1. The van der Waals surface area contributed by atoms with Crippen LogP contribution in [0.15, 0.2) is 41.4 Å². The summed E-state index contributed by atoms with van der Waals surface area (Å²) in [5, 5.41) is 18.7. The lowest BCUT2D eigenvalue weighted by molar-refractivity contribution is 0.101. The number of hydrogen-bond donors (Lipinski definition) is 3. The number of aliphatic hydroxyl groups excluding tert-OH is 1. The van der Waals surface area contributed by atoms with Crippen LogP contribution in [0.3, 0.4) is 0 Å². The minimum absolute atomic E-state index is 0.116. The third-order valence-electron chi connectivity index (χ3n) is 4.84. The molecule has 1 aliphatic rings. The maximum Gasteiger partial charge on any atom is 0.233 e. The fourth-order valence-corrected chi connectivity index (χ4v) is 3.60. The Morgan fingerprint density at radius 1 is 1.41 bits per heavy atom. The molecule has 1 saturated carbocycles. The molecule has 0 bridgehead atoms. The molecule has 4 N–H and O–H groups in total. The highest BCUT2D eigenvalue weighted by atomic mass is 32.2. The van der Waals surface area contributed by atoms with Crippen LogP contribution in [0.1, 0.15) is 81.7 Å². The van der Waals surface area contributed by atoms with Gasteiger partial charge in [0.1, 0.15) is 18.2 Å². The Labute approximate surface area is 195 Å². The maximum absolute atomic E-state index is 12.9. The molecule has 0 spiro atoms. The number of nitrogens with one attached hydrogen (secondary N) is 1. The number of nitrogens with zero attached hydrogens (tertiary/aromatic N) is 2. The molecule has 0 aliphatic heterocycles. The first kappa shape index (κ1) is 27.8. The maximum atomic E-state index is 12.9. The summed E-state index contributed by atoms with van der Waals surface area (Å²) < 4.78 is 10.6. The van der Waals surface area contributed by atoms with Crippen LogP contribution in [0.25, 0.3) is 0 Å². The second kappa shape index (κ2) is 14.8. The number of furan rings is 1. The lowest BCUT2D eigenvalue weighted by atomic mass is 10.1. The number of nitrogens with two attached hydrogens (primary N) is 1. The molecular weight excluding hydrogens is 428 g/mol. The fraction of sp³-hybridized carbons (Fsp3) is 0.522. The summed E-state index contributed by atoms with van der Waals surface area (Å²) in [6.07, 6.45) is 6.24. The van der Waals surface area contributed by atoms with Gasteiger partial charge >= 0.3 is 0 Å². The molecule has 0 aromatic carbocycles. The average Bonchev–Trinajstić information content (AvgIpc) is 3.49. The van der Waals surface area contributed by atoms with E-state index in [2.05, 4.69) is 21.9 Å². The summed E-state index contributed by atoms with van der Waals surface area (Å²) in [5.74, 6) is 0.662. The quantitative estimate of drug-likeness (QED) is 0.202. The van der Waals surface area contributed by atoms with E-state index in [9.17, 15) is 9.90 Å². The van der Waals surface area contributed by atoms with E-state index in [1.54, 1.807) is 6.92 Å². The third-order valence-corrected chi connectivity index (χ3v) is 5.11. The normalized spacial score (nSPS) is 18.0. The van der Waals surface area contributed by atoms with Gasteiger partial charge in [0.25, 0.3) is 0 Å². The van der Waals surface area contributed by atoms with Crippen LogP contribution in [0, 0.1) is 5.92 Å². The first-order valence-electron chi connectivity index (χ1n) is 11.0. The van der Waals surface area contributed by atoms with Crippen molar-refractivity contribution in [3.8, 4) is 0 Å². The summed E-state index contributed by atoms with van der Waals surface area (Å²) in [5.41, 5.74) is 1.38. The van der Waals surface area contributed by atoms with Crippen molar-refractivity contribution >= 4 is 23.8 Å². The Morgan fingerprint density at radius 2 is 2.12 bits per heavy atom. The van der Waals surface area contributed by atoms with Gasteiger partial charge in [0, 0.05) is 17.8 Å². The molecule has 3 atom stereocenters. The van der Waals surface area contributed by atoms with Crippen molar-refractivity contribution in [1.29, 1.82) is 0 Å². The third kappa shape index (κ3) is 7.74. The van der Waals surface area contributed by atoms with Gasteiger partial charge in [-0.1, -0.05) is 34.3 Å². The Bertz CT molecular complexity index is 843. The van der Waals surface area contributed by atoms with E-state index >= 15 is 0 Å². The van der Waals surface area contributed by atoms with E-state index in [1.807, 2.05) is 27.7 Å². The number of hydrogen-bond acceptors (Lipinski definition) is 9. The van der Waals surface area contributed by atoms with E-state index in [4.69, 9.17) is 13.7 Å². The highest BCUT2D eigenvalue weighted by Gasteiger charge is 2.27. The molecule has 8 nitrogen and oxygen atoms in total. The number of ketones is 1. The van der Waals surface area contributed by atoms with Crippen LogP contribution in [0.2, 0.25) is 0 Å². The van der Waals surface area contributed by atoms with Crippen LogP contribution in [-0.2, 0) is 4.18 Å². The molecule has 2 aromatic heterocycles. The molecule has 0 saturated heterocycles. The number of aromatic nitrogens is 2. The highest BCUT2D eigenvalue weighted by Crippen LogP contribution is 2.30. The predicted molar refractivity (Wildman–Crippen MR) is 129 cm³/mol. The van der Waals surface area contributed by atoms with Crippen molar-refractivity contribution in [3.63, 3.8) is 0 Å². The van der Waals surface area contributed by atoms with Gasteiger partial charge in [-0.2, -0.15) is 0 Å². The van der Waals surface area contributed by atoms with E-state index < -0.39 is 6.10 Å². The Kier molecular flexibility index (Phi) is 12.9. The highest BCUT2D eigenvalue weighted by molar-refractivity contribution is 7.92. The monoisotopic (exact) mass is 464 g/mol. The molecule has 2 heterocycles. The second-order valence-corrected chi connectivity index (χ2v) is 7.44. The smallest absolute Gasteiger partial charge is 0.233 e. The van der Waals surface area contributed by atoms with Gasteiger partial charge in [-0.3, -0.25) is 9.93 Å². The molecule has 3 unspecified atom stereocenters. The molecule has 0 amide bonds. The second-order valence-electron chi connectivity index (χ2n) is 7.01. The summed E-state index contributed by atoms with van der Waals surface area (Å²) >= 11 is 0.884. The number of carbonyl (C=O) groups is 1. The van der Waals surface area contributed by atoms with E-state index in [0.717, 1.165) is 31.5 Å². The summed E-state index contributed by atoms with van der Waals surface area (Å²) in [4.78, 5) is 21.1. The van der Waals surface area contributed by atoms with Gasteiger partial charge in [0.15, 0.2) is 5.76 Å². The van der Waals surface area contributed by atoms with Crippen molar-refractivity contribution in [2.45, 2.75) is 66.0 Å². The molecule has 9 heteroatoms. The van der Waals surface area contributed by atoms with Crippen LogP contribution in [0.4, 0.5) is 5.82 Å². The lowest BCUT2D eigenvalue weighted by Gasteiger charge is -2.15. The number of anilines is 1. The van der Waals surface area contributed by atoms with Crippen LogP contribution >= 0.6 is 12.2 Å². The molecule has 0 radical (unpaired) electrons. The molecule has 1 aliphatic carbocycles. The van der Waals surface area contributed by atoms with Crippen molar-refractivity contribution in [2.24, 2.45) is 11.1 Å². The Balaban J connectivity index is 0.00000121. The van der Waals surface area contributed by atoms with E-state index in [-0.39, 0.29) is 17.6 Å². The van der Waals surface area contributed by atoms with Gasteiger partial charge in [0.2, 0.25) is 5.78 Å².